The summed E-state index contributed by atoms with van der Waals surface area (Å²) in [6.07, 6.45) is 0.938. The molecule has 1 saturated heterocycles. The van der Waals surface area contributed by atoms with Crippen LogP contribution in [0.25, 0.3) is 0 Å². The summed E-state index contributed by atoms with van der Waals surface area (Å²) < 4.78 is 55.1. The fourth-order valence-electron chi connectivity index (χ4n) is 4.01. The number of para-hydroxylation sites is 1. The number of carbonyl (C=O) groups excluding carboxylic acids is 1. The van der Waals surface area contributed by atoms with Crippen molar-refractivity contribution in [2.24, 2.45) is 0 Å². The van der Waals surface area contributed by atoms with E-state index in [9.17, 15) is 22.0 Å². The fraction of sp³-hybridized carbons (Fsp3) is 0.409. The second-order valence-corrected chi connectivity index (χ2v) is 9.83. The number of sulfone groups is 1. The first-order valence-corrected chi connectivity index (χ1v) is 12.0. The zero-order chi connectivity index (χ0) is 22.7. The van der Waals surface area contributed by atoms with Gasteiger partial charge in [0, 0.05) is 39.1 Å². The van der Waals surface area contributed by atoms with Gasteiger partial charge in [0.25, 0.3) is 0 Å². The van der Waals surface area contributed by atoms with Gasteiger partial charge in [0.2, 0.25) is 15.7 Å². The van der Waals surface area contributed by atoms with Gasteiger partial charge in [-0.15, -0.1) is 0 Å². The number of nitrogens with one attached hydrogen (secondary N) is 1. The van der Waals surface area contributed by atoms with Crippen LogP contribution in [0.3, 0.4) is 0 Å². The van der Waals surface area contributed by atoms with Crippen molar-refractivity contribution < 1.29 is 26.7 Å². The molecule has 0 bridgehead atoms. The Kier molecular flexibility index (Phi) is 6.73. The Morgan fingerprint density at radius 1 is 1.06 bits per heavy atom. The highest BCUT2D eigenvalue weighted by Crippen LogP contribution is 2.27. The highest BCUT2D eigenvalue weighted by Gasteiger charge is 2.29. The minimum absolute atomic E-state index is 0.0626. The lowest BCUT2D eigenvalue weighted by Crippen LogP contribution is -2.48. The first-order valence-electron chi connectivity index (χ1n) is 10.4. The molecule has 7 nitrogen and oxygen atoms in total. The number of piperazine rings is 1. The predicted molar refractivity (Wildman–Crippen MR) is 116 cm³/mol. The Morgan fingerprint density at radius 3 is 2.53 bits per heavy atom. The second kappa shape index (κ2) is 9.51. The van der Waals surface area contributed by atoms with Gasteiger partial charge in [-0.3, -0.25) is 14.6 Å². The van der Waals surface area contributed by atoms with E-state index in [2.05, 4.69) is 22.3 Å². The van der Waals surface area contributed by atoms with Gasteiger partial charge in [0.05, 0.1) is 23.7 Å². The third-order valence-electron chi connectivity index (χ3n) is 5.69. The first kappa shape index (κ1) is 22.6. The molecule has 4 rings (SSSR count). The highest BCUT2D eigenvalue weighted by atomic mass is 32.2. The van der Waals surface area contributed by atoms with Gasteiger partial charge >= 0.3 is 5.76 Å². The van der Waals surface area contributed by atoms with Crippen molar-refractivity contribution in [1.29, 1.82) is 0 Å². The van der Waals surface area contributed by atoms with Crippen LogP contribution in [-0.4, -0.2) is 69.2 Å². The van der Waals surface area contributed by atoms with Crippen molar-refractivity contribution in [3.05, 3.63) is 53.6 Å². The van der Waals surface area contributed by atoms with E-state index < -0.39 is 26.4 Å². The molecule has 0 radical (unpaired) electrons. The predicted octanol–water partition coefficient (Wildman–Crippen LogP) is 2.37. The van der Waals surface area contributed by atoms with Crippen LogP contribution in [0.4, 0.5) is 14.5 Å². The number of amides is 1. The van der Waals surface area contributed by atoms with Crippen molar-refractivity contribution in [2.45, 2.75) is 23.6 Å². The summed E-state index contributed by atoms with van der Waals surface area (Å²) in [5.41, 5.74) is 2.35. The molecule has 0 unspecified atom stereocenters. The van der Waals surface area contributed by atoms with Crippen molar-refractivity contribution >= 4 is 21.4 Å². The fourth-order valence-corrected chi connectivity index (χ4v) is 4.89. The minimum atomic E-state index is -4.80. The van der Waals surface area contributed by atoms with Gasteiger partial charge in [-0.2, -0.15) is 8.78 Å². The summed E-state index contributed by atoms with van der Waals surface area (Å²) in [4.78, 5) is 16.2. The van der Waals surface area contributed by atoms with Crippen molar-refractivity contribution in [2.75, 3.05) is 44.6 Å². The van der Waals surface area contributed by atoms with Gasteiger partial charge in [0.1, 0.15) is 5.75 Å². The molecular formula is C22H25F2N3O4S. The zero-order valence-corrected chi connectivity index (χ0v) is 18.3. The maximum atomic E-state index is 12.9. The zero-order valence-electron chi connectivity index (χ0n) is 17.5. The largest absolute Gasteiger partial charge is 0.493 e. The summed E-state index contributed by atoms with van der Waals surface area (Å²) in [6.45, 7) is 4.56. The van der Waals surface area contributed by atoms with E-state index in [1.54, 1.807) is 0 Å². The molecule has 2 aliphatic rings. The lowest BCUT2D eigenvalue weighted by molar-refractivity contribution is -0.117. The number of carbonyl (C=O) groups is 1. The van der Waals surface area contributed by atoms with Crippen LogP contribution in [0, 0.1) is 0 Å². The Hall–Kier alpha value is -2.56. The number of rotatable bonds is 7. The van der Waals surface area contributed by atoms with Crippen LogP contribution < -0.4 is 10.1 Å². The van der Waals surface area contributed by atoms with Crippen molar-refractivity contribution in [3.63, 3.8) is 0 Å². The van der Waals surface area contributed by atoms with Crippen molar-refractivity contribution in [3.8, 4) is 5.75 Å². The smallest absolute Gasteiger partial charge is 0.341 e. The Labute approximate surface area is 185 Å². The first-order chi connectivity index (χ1) is 15.3. The third-order valence-corrected chi connectivity index (χ3v) is 7.13. The van der Waals surface area contributed by atoms with Crippen LogP contribution in [0.1, 0.15) is 11.1 Å². The van der Waals surface area contributed by atoms with Gasteiger partial charge in [-0.05, 0) is 29.3 Å². The molecule has 2 aromatic carbocycles. The minimum Gasteiger partial charge on any atom is -0.493 e. The molecule has 10 heteroatoms. The number of benzene rings is 2. The number of fused-ring (bicyclic) bond motifs is 1. The number of nitrogens with zero attached hydrogens (tertiary/aromatic N) is 2. The maximum Gasteiger partial charge on any atom is 0.341 e. The van der Waals surface area contributed by atoms with E-state index in [0.717, 1.165) is 44.5 Å². The lowest BCUT2D eigenvalue weighted by atomic mass is 10.1. The summed E-state index contributed by atoms with van der Waals surface area (Å²) in [7, 11) is -4.80. The molecule has 0 aromatic heterocycles. The molecule has 172 valence electrons. The molecule has 1 amide bonds. The molecule has 0 atom stereocenters. The summed E-state index contributed by atoms with van der Waals surface area (Å²) in [5, 5.41) is 2.48. The Morgan fingerprint density at radius 2 is 1.78 bits per heavy atom. The summed E-state index contributed by atoms with van der Waals surface area (Å²) in [6, 6.07) is 11.5. The van der Waals surface area contributed by atoms with E-state index in [0.29, 0.717) is 13.1 Å². The quantitative estimate of drug-likeness (QED) is 0.677. The van der Waals surface area contributed by atoms with Gasteiger partial charge in [-0.25, -0.2) is 8.42 Å². The topological polar surface area (TPSA) is 79.0 Å². The van der Waals surface area contributed by atoms with Crippen LogP contribution in [0.15, 0.2) is 47.4 Å². The third kappa shape index (κ3) is 5.08. The summed E-state index contributed by atoms with van der Waals surface area (Å²) in [5.74, 6) is -3.02. The van der Waals surface area contributed by atoms with Crippen LogP contribution in [-0.2, 0) is 27.6 Å². The van der Waals surface area contributed by atoms with Gasteiger partial charge in [0.15, 0.2) is 0 Å². The van der Waals surface area contributed by atoms with Crippen molar-refractivity contribution in [1.82, 2.24) is 9.80 Å². The SMILES string of the molecule is O=C(CN1CCN(Cc2ccc3c(c2)CCO3)CC1)Nc1ccccc1S(=O)(=O)C(F)F. The van der Waals surface area contributed by atoms with E-state index in [1.165, 1.54) is 29.3 Å². The molecule has 32 heavy (non-hydrogen) atoms. The van der Waals surface area contributed by atoms with Crippen LogP contribution in [0.2, 0.25) is 0 Å². The number of hydrogen-bond acceptors (Lipinski definition) is 6. The standard InChI is InChI=1S/C22H25F2N3O4S/c23-22(24)32(29,30)20-4-2-1-3-18(20)25-21(28)15-27-10-8-26(9-11-27)14-16-5-6-19-17(13-16)7-12-31-19/h1-6,13,22H,7-12,14-15H2,(H,25,28). The molecule has 0 spiro atoms. The van der Waals surface area contributed by atoms with Crippen LogP contribution >= 0.6 is 0 Å². The maximum absolute atomic E-state index is 12.9. The van der Waals surface area contributed by atoms with Gasteiger partial charge < -0.3 is 10.1 Å². The molecular weight excluding hydrogens is 440 g/mol. The normalized spacial score (nSPS) is 17.2. The molecule has 0 saturated carbocycles. The van der Waals surface area contributed by atoms with Crippen LogP contribution in [0.5, 0.6) is 5.75 Å². The van der Waals surface area contributed by atoms with E-state index in [1.807, 2.05) is 11.0 Å². The number of anilines is 1. The Balaban J connectivity index is 1.29. The molecule has 1 fully saturated rings. The molecule has 2 heterocycles. The second-order valence-electron chi connectivity index (χ2n) is 7.94. The number of alkyl halides is 2. The molecule has 2 aliphatic heterocycles. The average molecular weight is 466 g/mol. The van der Waals surface area contributed by atoms with E-state index in [4.69, 9.17) is 4.74 Å². The van der Waals surface area contributed by atoms with E-state index in [-0.39, 0.29) is 12.2 Å². The number of halogens is 2. The number of ether oxygens (including phenoxy) is 1. The highest BCUT2D eigenvalue weighted by molar-refractivity contribution is 7.91. The molecule has 1 N–H and O–H groups in total. The molecule has 0 aliphatic carbocycles. The molecule has 2 aromatic rings. The van der Waals surface area contributed by atoms with E-state index >= 15 is 0 Å². The average Bonchev–Trinajstić information content (AvgIpc) is 3.23. The Bertz CT molecular complexity index is 1090. The lowest BCUT2D eigenvalue weighted by Gasteiger charge is -2.34. The van der Waals surface area contributed by atoms with Gasteiger partial charge in [-0.1, -0.05) is 24.3 Å². The monoisotopic (exact) mass is 465 g/mol. The summed E-state index contributed by atoms with van der Waals surface area (Å²) >= 11 is 0. The number of hydrogen-bond donors (Lipinski definition) is 1.